The van der Waals surface area contributed by atoms with E-state index >= 15 is 0 Å². The lowest BCUT2D eigenvalue weighted by Gasteiger charge is -2.18. The van der Waals surface area contributed by atoms with Gasteiger partial charge in [0.05, 0.1) is 27.3 Å². The average molecular weight is 449 g/mol. The van der Waals surface area contributed by atoms with Crippen LogP contribution in [0.15, 0.2) is 64.2 Å². The molecule has 2 aromatic heterocycles. The van der Waals surface area contributed by atoms with Gasteiger partial charge in [-0.15, -0.1) is 11.3 Å². The second-order valence-corrected chi connectivity index (χ2v) is 11.7. The average Bonchev–Trinajstić information content (AvgIpc) is 3.02. The maximum Gasteiger partial charge on any atom is 0.259 e. The lowest BCUT2D eigenvalue weighted by atomic mass is 9.87. The Morgan fingerprint density at radius 1 is 0.839 bits per heavy atom. The van der Waals surface area contributed by atoms with Crippen LogP contribution in [0.25, 0.3) is 34.5 Å². The van der Waals surface area contributed by atoms with Crippen LogP contribution >= 0.6 is 21.8 Å². The molecule has 1 N–H and O–H groups in total. The minimum absolute atomic E-state index is 0.0269. The minimum Gasteiger partial charge on any atom is -0.497 e. The van der Waals surface area contributed by atoms with Gasteiger partial charge in [0.1, 0.15) is 5.75 Å². The molecular formula is C25H22NO3S2+. The number of fused-ring (bicyclic) bond motifs is 3. The number of nitrogens with one attached hydrogen (secondary N) is 1. The first kappa shape index (κ1) is 20.0. The number of ether oxygens (including phenoxy) is 1. The molecule has 156 valence electrons. The lowest BCUT2D eigenvalue weighted by molar-refractivity contribution is 0.415. The lowest BCUT2D eigenvalue weighted by Crippen LogP contribution is -2.10. The number of benzene rings is 3. The molecule has 4 nitrogen and oxygen atoms in total. The van der Waals surface area contributed by atoms with Gasteiger partial charge >= 0.3 is 0 Å². The summed E-state index contributed by atoms with van der Waals surface area (Å²) in [5.74, 6) is 0.807. The molecule has 2 heterocycles. The van der Waals surface area contributed by atoms with Crippen LogP contribution in [0.4, 0.5) is 0 Å². The Hall–Kier alpha value is -2.96. The Bertz CT molecular complexity index is 1580. The van der Waals surface area contributed by atoms with Crippen molar-refractivity contribution in [1.29, 1.82) is 0 Å². The van der Waals surface area contributed by atoms with Gasteiger partial charge in [-0.3, -0.25) is 14.6 Å². The predicted octanol–water partition coefficient (Wildman–Crippen LogP) is 6.30. The summed E-state index contributed by atoms with van der Waals surface area (Å²) >= 11 is 1.67. The SMILES string of the molecule is COc1ccc(-[s+]2c3cc(C(C)(C)C)ccc3sc3cc4c(=O)[nH]c(=O)c4cc32)cc1. The van der Waals surface area contributed by atoms with Crippen molar-refractivity contribution >= 4 is 51.4 Å². The van der Waals surface area contributed by atoms with E-state index in [1.54, 1.807) is 18.4 Å². The Morgan fingerprint density at radius 3 is 2.13 bits per heavy atom. The van der Waals surface area contributed by atoms with Gasteiger partial charge in [-0.2, -0.15) is 0 Å². The minimum atomic E-state index is -0.400. The molecule has 0 aliphatic heterocycles. The molecule has 5 aromatic rings. The van der Waals surface area contributed by atoms with Crippen LogP contribution in [0, 0.1) is 0 Å². The van der Waals surface area contributed by atoms with E-state index in [1.807, 2.05) is 24.3 Å². The first-order valence-electron chi connectivity index (χ1n) is 10.0. The van der Waals surface area contributed by atoms with Crippen molar-refractivity contribution in [2.24, 2.45) is 0 Å². The summed E-state index contributed by atoms with van der Waals surface area (Å²) < 4.78 is 9.90. The summed E-state index contributed by atoms with van der Waals surface area (Å²) in [7, 11) is 1.26. The number of hydrogen-bond acceptors (Lipinski definition) is 4. The molecule has 0 amide bonds. The van der Waals surface area contributed by atoms with Crippen LogP contribution in [0.3, 0.4) is 0 Å². The van der Waals surface area contributed by atoms with Crippen molar-refractivity contribution < 1.29 is 4.74 Å². The Morgan fingerprint density at radius 2 is 1.48 bits per heavy atom. The summed E-state index contributed by atoms with van der Waals surface area (Å²) in [5, 5.41) is 0.926. The van der Waals surface area contributed by atoms with Gasteiger partial charge in [0.2, 0.25) is 0 Å². The normalized spacial score (nSPS) is 12.7. The highest BCUT2D eigenvalue weighted by Gasteiger charge is 2.25. The van der Waals surface area contributed by atoms with Crippen LogP contribution < -0.4 is 15.9 Å². The third-order valence-electron chi connectivity index (χ3n) is 5.56. The van der Waals surface area contributed by atoms with Gasteiger partial charge in [-0.25, -0.2) is 0 Å². The molecule has 0 saturated carbocycles. The van der Waals surface area contributed by atoms with E-state index in [1.165, 1.54) is 15.0 Å². The summed E-state index contributed by atoms with van der Waals surface area (Å²) in [6.45, 7) is 6.65. The molecule has 0 aliphatic rings. The van der Waals surface area contributed by atoms with E-state index in [4.69, 9.17) is 4.74 Å². The quantitative estimate of drug-likeness (QED) is 0.255. The van der Waals surface area contributed by atoms with Gasteiger partial charge in [0, 0.05) is 34.7 Å². The fraction of sp³-hybridized carbons (Fsp3) is 0.200. The third-order valence-corrected chi connectivity index (χ3v) is 9.26. The highest BCUT2D eigenvalue weighted by molar-refractivity contribution is 7.53. The third kappa shape index (κ3) is 3.27. The van der Waals surface area contributed by atoms with Gasteiger partial charge in [-0.05, 0) is 35.2 Å². The first-order valence-corrected chi connectivity index (χ1v) is 12.0. The molecule has 0 radical (unpaired) electrons. The van der Waals surface area contributed by atoms with Crippen molar-refractivity contribution in [2.75, 3.05) is 7.11 Å². The van der Waals surface area contributed by atoms with Crippen molar-refractivity contribution in [2.45, 2.75) is 26.2 Å². The Balaban J connectivity index is 1.97. The van der Waals surface area contributed by atoms with Crippen LogP contribution in [0.1, 0.15) is 26.3 Å². The van der Waals surface area contributed by atoms with Crippen molar-refractivity contribution in [3.63, 3.8) is 0 Å². The molecule has 0 fully saturated rings. The summed E-state index contributed by atoms with van der Waals surface area (Å²) in [6.07, 6.45) is 0. The zero-order valence-corrected chi connectivity index (χ0v) is 19.4. The van der Waals surface area contributed by atoms with Gasteiger partial charge in [-0.1, -0.05) is 26.8 Å². The molecule has 0 aliphatic carbocycles. The molecule has 6 heteroatoms. The fourth-order valence-corrected chi connectivity index (χ4v) is 7.62. The second-order valence-electron chi connectivity index (χ2n) is 8.62. The maximum atomic E-state index is 12.4. The molecular weight excluding hydrogens is 426 g/mol. The van der Waals surface area contributed by atoms with E-state index in [-0.39, 0.29) is 16.5 Å². The first-order chi connectivity index (χ1) is 14.8. The molecule has 0 bridgehead atoms. The zero-order valence-electron chi connectivity index (χ0n) is 17.7. The molecule has 1 unspecified atom stereocenters. The second kappa shape index (κ2) is 7.04. The molecule has 5 rings (SSSR count). The van der Waals surface area contributed by atoms with Gasteiger partial charge in [0.25, 0.3) is 11.1 Å². The van der Waals surface area contributed by atoms with E-state index in [2.05, 4.69) is 56.1 Å². The van der Waals surface area contributed by atoms with E-state index in [0.717, 1.165) is 20.0 Å². The molecule has 0 spiro atoms. The van der Waals surface area contributed by atoms with Gasteiger partial charge < -0.3 is 4.74 Å². The number of aromatic nitrogens is 1. The zero-order chi connectivity index (χ0) is 21.9. The molecule has 0 saturated heterocycles. The van der Waals surface area contributed by atoms with Gasteiger partial charge in [0.15, 0.2) is 14.3 Å². The summed E-state index contributed by atoms with van der Waals surface area (Å²) in [6, 6.07) is 18.6. The highest BCUT2D eigenvalue weighted by atomic mass is 32.2. The van der Waals surface area contributed by atoms with Crippen molar-refractivity contribution in [1.82, 2.24) is 4.98 Å². The van der Waals surface area contributed by atoms with Crippen LogP contribution in [0.2, 0.25) is 0 Å². The number of rotatable bonds is 2. The van der Waals surface area contributed by atoms with Crippen molar-refractivity contribution in [3.05, 3.63) is 80.9 Å². The van der Waals surface area contributed by atoms with Crippen LogP contribution in [-0.2, 0) is 5.41 Å². The van der Waals surface area contributed by atoms with E-state index < -0.39 is 10.5 Å². The highest BCUT2D eigenvalue weighted by Crippen LogP contribution is 2.48. The predicted molar refractivity (Wildman–Crippen MR) is 133 cm³/mol. The number of methoxy groups -OCH3 is 1. The molecule has 1 atom stereocenters. The monoisotopic (exact) mass is 448 g/mol. The molecule has 31 heavy (non-hydrogen) atoms. The maximum absolute atomic E-state index is 12.4. The van der Waals surface area contributed by atoms with E-state index in [9.17, 15) is 9.59 Å². The molecule has 3 aromatic carbocycles. The topological polar surface area (TPSA) is 59.2 Å². The van der Waals surface area contributed by atoms with Crippen LogP contribution in [-0.4, -0.2) is 12.1 Å². The largest absolute Gasteiger partial charge is 0.497 e. The Labute approximate surface area is 185 Å². The Kier molecular flexibility index (Phi) is 4.53. The summed E-state index contributed by atoms with van der Waals surface area (Å²) in [5.41, 5.74) is 0.663. The number of H-pyrrole nitrogens is 1. The smallest absolute Gasteiger partial charge is 0.259 e. The van der Waals surface area contributed by atoms with Crippen molar-refractivity contribution in [3.8, 4) is 10.6 Å². The summed E-state index contributed by atoms with van der Waals surface area (Å²) in [4.78, 5) is 28.2. The van der Waals surface area contributed by atoms with E-state index in [0.29, 0.717) is 10.8 Å². The van der Waals surface area contributed by atoms with Crippen LogP contribution in [0.5, 0.6) is 5.75 Å². The standard InChI is InChI=1S/C25H21NO3S2/c1-25(2,3)14-5-10-19-21(11-14)31(16-8-6-15(29-4)7-9-16)22-13-18-17(12-20(22)30-19)23(27)26-24(18)28/h5-13H,1-4H3/p+1. The number of hydrogen-bond donors (Lipinski definition) is 1. The number of aromatic amines is 1. The fourth-order valence-electron chi connectivity index (χ4n) is 3.83.